The third-order valence-electron chi connectivity index (χ3n) is 2.54. The fourth-order valence-corrected chi connectivity index (χ4v) is 1.47. The number of amides is 2. The zero-order valence-electron chi connectivity index (χ0n) is 11.6. The quantitative estimate of drug-likeness (QED) is 0.779. The molecule has 0 aliphatic heterocycles. The van der Waals surface area contributed by atoms with Gasteiger partial charge in [0.05, 0.1) is 13.5 Å². The van der Waals surface area contributed by atoms with E-state index in [9.17, 15) is 14.4 Å². The summed E-state index contributed by atoms with van der Waals surface area (Å²) in [5, 5.41) is 5.36. The number of methoxy groups -OCH3 is 1. The van der Waals surface area contributed by atoms with Crippen LogP contribution in [0, 0.1) is 0 Å². The number of esters is 1. The molecular weight excluding hydrogens is 260 g/mol. The van der Waals surface area contributed by atoms with Gasteiger partial charge in [-0.25, -0.2) is 0 Å². The number of nitrogens with one attached hydrogen (secondary N) is 2. The predicted molar refractivity (Wildman–Crippen MR) is 75.2 cm³/mol. The zero-order chi connectivity index (χ0) is 15.0. The number of benzene rings is 1. The van der Waals surface area contributed by atoms with Crippen molar-refractivity contribution in [2.24, 2.45) is 0 Å². The summed E-state index contributed by atoms with van der Waals surface area (Å²) < 4.78 is 4.46. The third-order valence-corrected chi connectivity index (χ3v) is 2.54. The molecule has 1 aromatic rings. The Morgan fingerprint density at radius 3 is 2.20 bits per heavy atom. The van der Waals surface area contributed by atoms with Gasteiger partial charge >= 0.3 is 5.97 Å². The van der Waals surface area contributed by atoms with Gasteiger partial charge in [-0.2, -0.15) is 0 Å². The lowest BCUT2D eigenvalue weighted by Crippen LogP contribution is -2.14. The summed E-state index contributed by atoms with van der Waals surface area (Å²) in [6.07, 6.45) is 0.475. The van der Waals surface area contributed by atoms with Gasteiger partial charge in [0.15, 0.2) is 0 Å². The highest BCUT2D eigenvalue weighted by atomic mass is 16.5. The van der Waals surface area contributed by atoms with Crippen LogP contribution in [0.5, 0.6) is 0 Å². The molecule has 0 atom stereocenters. The van der Waals surface area contributed by atoms with Crippen LogP contribution >= 0.6 is 0 Å². The van der Waals surface area contributed by atoms with E-state index >= 15 is 0 Å². The Balaban J connectivity index is 2.55. The van der Waals surface area contributed by atoms with E-state index in [0.717, 1.165) is 0 Å². The van der Waals surface area contributed by atoms with E-state index < -0.39 is 5.97 Å². The average molecular weight is 278 g/mol. The van der Waals surface area contributed by atoms with Crippen molar-refractivity contribution in [1.82, 2.24) is 0 Å². The number of hydrogen-bond acceptors (Lipinski definition) is 4. The van der Waals surface area contributed by atoms with Gasteiger partial charge in [-0.05, 0) is 18.2 Å². The van der Waals surface area contributed by atoms with Gasteiger partial charge in [0.25, 0.3) is 0 Å². The number of carbonyl (C=O) groups is 3. The van der Waals surface area contributed by atoms with Crippen LogP contribution in [0.2, 0.25) is 0 Å². The Labute approximate surface area is 117 Å². The molecule has 0 saturated carbocycles. The van der Waals surface area contributed by atoms with Gasteiger partial charge in [0.2, 0.25) is 11.8 Å². The minimum Gasteiger partial charge on any atom is -0.469 e. The van der Waals surface area contributed by atoms with E-state index in [1.165, 1.54) is 7.11 Å². The largest absolute Gasteiger partial charge is 0.469 e. The lowest BCUT2D eigenvalue weighted by atomic mass is 10.2. The number of anilines is 2. The smallest absolute Gasteiger partial charge is 0.306 e. The number of rotatable bonds is 6. The highest BCUT2D eigenvalue weighted by Gasteiger charge is 2.07. The molecule has 0 fully saturated rings. The van der Waals surface area contributed by atoms with Crippen LogP contribution in [0.3, 0.4) is 0 Å². The molecule has 2 N–H and O–H groups in total. The van der Waals surface area contributed by atoms with Gasteiger partial charge in [0, 0.05) is 24.2 Å². The molecule has 0 radical (unpaired) electrons. The molecular formula is C14H18N2O4. The Hall–Kier alpha value is -2.37. The fourth-order valence-electron chi connectivity index (χ4n) is 1.47. The standard InChI is InChI=1S/C14H18N2O4/c1-3-12(17)15-10-5-4-6-11(9-10)16-13(18)7-8-14(19)20-2/h4-6,9H,3,7-8H2,1-2H3,(H,15,17)(H,16,18). The van der Waals surface area contributed by atoms with Crippen LogP contribution < -0.4 is 10.6 Å². The predicted octanol–water partition coefficient (Wildman–Crippen LogP) is 1.93. The second-order valence-corrected chi connectivity index (χ2v) is 4.11. The maximum atomic E-state index is 11.6. The summed E-state index contributed by atoms with van der Waals surface area (Å²) in [5.74, 6) is -0.808. The third kappa shape index (κ3) is 5.51. The van der Waals surface area contributed by atoms with Crippen molar-refractivity contribution >= 4 is 29.2 Å². The minimum atomic E-state index is -0.427. The molecule has 0 unspecified atom stereocenters. The highest BCUT2D eigenvalue weighted by molar-refractivity contribution is 5.94. The molecule has 0 spiro atoms. The molecule has 6 nitrogen and oxygen atoms in total. The molecule has 1 rings (SSSR count). The Morgan fingerprint density at radius 1 is 1.05 bits per heavy atom. The molecule has 1 aromatic carbocycles. The lowest BCUT2D eigenvalue weighted by molar-refractivity contribution is -0.141. The summed E-state index contributed by atoms with van der Waals surface area (Å²) >= 11 is 0. The SMILES string of the molecule is CCC(=O)Nc1cccc(NC(=O)CCC(=O)OC)c1. The van der Waals surface area contributed by atoms with Crippen LogP contribution in [-0.4, -0.2) is 24.9 Å². The summed E-state index contributed by atoms with van der Waals surface area (Å²) in [6.45, 7) is 1.76. The topological polar surface area (TPSA) is 84.5 Å². The molecule has 0 saturated heterocycles. The van der Waals surface area contributed by atoms with E-state index in [1.807, 2.05) is 0 Å². The van der Waals surface area contributed by atoms with Crippen LogP contribution in [0.1, 0.15) is 26.2 Å². The van der Waals surface area contributed by atoms with Crippen LogP contribution in [-0.2, 0) is 19.1 Å². The van der Waals surface area contributed by atoms with Crippen molar-refractivity contribution in [2.45, 2.75) is 26.2 Å². The first-order valence-electron chi connectivity index (χ1n) is 6.31. The number of carbonyl (C=O) groups excluding carboxylic acids is 3. The van der Waals surface area contributed by atoms with Crippen molar-refractivity contribution < 1.29 is 19.1 Å². The minimum absolute atomic E-state index is 0.0363. The molecule has 20 heavy (non-hydrogen) atoms. The molecule has 2 amide bonds. The van der Waals surface area contributed by atoms with Crippen LogP contribution in [0.4, 0.5) is 11.4 Å². The van der Waals surface area contributed by atoms with Crippen LogP contribution in [0.15, 0.2) is 24.3 Å². The fraction of sp³-hybridized carbons (Fsp3) is 0.357. The first kappa shape index (κ1) is 15.7. The van der Waals surface area contributed by atoms with E-state index in [-0.39, 0.29) is 24.7 Å². The van der Waals surface area contributed by atoms with Crippen molar-refractivity contribution in [3.8, 4) is 0 Å². The average Bonchev–Trinajstić information content (AvgIpc) is 2.44. The molecule has 0 bridgehead atoms. The maximum absolute atomic E-state index is 11.6. The zero-order valence-corrected chi connectivity index (χ0v) is 11.6. The van der Waals surface area contributed by atoms with E-state index in [4.69, 9.17) is 0 Å². The van der Waals surface area contributed by atoms with E-state index in [0.29, 0.717) is 17.8 Å². The highest BCUT2D eigenvalue weighted by Crippen LogP contribution is 2.15. The van der Waals surface area contributed by atoms with E-state index in [1.54, 1.807) is 31.2 Å². The Bertz CT molecular complexity index is 500. The lowest BCUT2D eigenvalue weighted by Gasteiger charge is -2.08. The first-order chi connectivity index (χ1) is 9.55. The second kappa shape index (κ2) is 7.93. The maximum Gasteiger partial charge on any atom is 0.306 e. The first-order valence-corrected chi connectivity index (χ1v) is 6.31. The number of ether oxygens (including phenoxy) is 1. The van der Waals surface area contributed by atoms with Gasteiger partial charge in [-0.1, -0.05) is 13.0 Å². The van der Waals surface area contributed by atoms with Crippen molar-refractivity contribution in [3.63, 3.8) is 0 Å². The van der Waals surface area contributed by atoms with Gasteiger partial charge in [-0.15, -0.1) is 0 Å². The molecule has 0 heterocycles. The van der Waals surface area contributed by atoms with Gasteiger partial charge < -0.3 is 15.4 Å². The number of hydrogen-bond donors (Lipinski definition) is 2. The van der Waals surface area contributed by atoms with Gasteiger partial charge in [0.1, 0.15) is 0 Å². The second-order valence-electron chi connectivity index (χ2n) is 4.11. The van der Waals surface area contributed by atoms with Gasteiger partial charge in [-0.3, -0.25) is 14.4 Å². The Morgan fingerprint density at radius 2 is 1.65 bits per heavy atom. The molecule has 108 valence electrons. The monoisotopic (exact) mass is 278 g/mol. The van der Waals surface area contributed by atoms with Crippen molar-refractivity contribution in [1.29, 1.82) is 0 Å². The molecule has 6 heteroatoms. The summed E-state index contributed by atoms with van der Waals surface area (Å²) in [6, 6.07) is 6.82. The van der Waals surface area contributed by atoms with E-state index in [2.05, 4.69) is 15.4 Å². The normalized spacial score (nSPS) is 9.70. The summed E-state index contributed by atoms with van der Waals surface area (Å²) in [4.78, 5) is 33.8. The van der Waals surface area contributed by atoms with Crippen LogP contribution in [0.25, 0.3) is 0 Å². The molecule has 0 aliphatic rings. The van der Waals surface area contributed by atoms with Crippen molar-refractivity contribution in [3.05, 3.63) is 24.3 Å². The summed E-state index contributed by atoms with van der Waals surface area (Å²) in [7, 11) is 1.28. The summed E-state index contributed by atoms with van der Waals surface area (Å²) in [5.41, 5.74) is 1.18. The molecule has 0 aromatic heterocycles. The molecule has 0 aliphatic carbocycles. The van der Waals surface area contributed by atoms with Crippen molar-refractivity contribution in [2.75, 3.05) is 17.7 Å². The Kier molecular flexibility index (Phi) is 6.22.